The molecule has 2 aromatic carbocycles. The summed E-state index contributed by atoms with van der Waals surface area (Å²) in [6, 6.07) is 18.2. The number of nitrogens with zero attached hydrogens (tertiary/aromatic N) is 5. The van der Waals surface area contributed by atoms with Crippen molar-refractivity contribution in [2.45, 2.75) is 45.1 Å². The third-order valence-electron chi connectivity index (χ3n) is 6.48. The Bertz CT molecular complexity index is 1340. The number of carbonyl (C=O) groups excluding carboxylic acids is 1. The molecule has 0 radical (unpaired) electrons. The number of amides is 1. The molecule has 34 heavy (non-hydrogen) atoms. The molecular formula is C26H28N6O2. The number of piperidine rings is 1. The Kier molecular flexibility index (Phi) is 6.20. The topological polar surface area (TPSA) is 96.8 Å². The van der Waals surface area contributed by atoms with Crippen molar-refractivity contribution in [3.05, 3.63) is 87.5 Å². The third-order valence-corrected chi connectivity index (χ3v) is 6.48. The molecule has 1 saturated heterocycles. The molecule has 8 nitrogen and oxygen atoms in total. The number of likely N-dealkylation sites (tertiary alicyclic amines) is 1. The van der Waals surface area contributed by atoms with Crippen molar-refractivity contribution in [1.82, 2.24) is 29.9 Å². The number of hydrogen-bond acceptors (Lipinski definition) is 5. The summed E-state index contributed by atoms with van der Waals surface area (Å²) in [6.45, 7) is 3.83. The van der Waals surface area contributed by atoms with Crippen LogP contribution in [-0.4, -0.2) is 48.9 Å². The molecule has 1 aliphatic heterocycles. The summed E-state index contributed by atoms with van der Waals surface area (Å²) in [5.74, 6) is 0.725. The van der Waals surface area contributed by atoms with Gasteiger partial charge in [0.15, 0.2) is 11.2 Å². The predicted molar refractivity (Wildman–Crippen MR) is 130 cm³/mol. The minimum absolute atomic E-state index is 0.0192. The van der Waals surface area contributed by atoms with E-state index >= 15 is 0 Å². The number of aromatic nitrogens is 5. The molecule has 0 aliphatic carbocycles. The zero-order chi connectivity index (χ0) is 23.5. The lowest BCUT2D eigenvalue weighted by Gasteiger charge is -2.32. The van der Waals surface area contributed by atoms with E-state index < -0.39 is 0 Å². The van der Waals surface area contributed by atoms with Gasteiger partial charge in [-0.25, -0.2) is 9.67 Å². The smallest absolute Gasteiger partial charge is 0.281 e. The quantitative estimate of drug-likeness (QED) is 0.481. The predicted octanol–water partition coefficient (Wildman–Crippen LogP) is 3.21. The van der Waals surface area contributed by atoms with Gasteiger partial charge in [0.05, 0.1) is 6.54 Å². The molecule has 174 valence electrons. The Labute approximate surface area is 197 Å². The van der Waals surface area contributed by atoms with Gasteiger partial charge in [-0.3, -0.25) is 9.59 Å². The van der Waals surface area contributed by atoms with E-state index in [1.54, 1.807) is 4.68 Å². The minimum atomic E-state index is -0.289. The van der Waals surface area contributed by atoms with Crippen molar-refractivity contribution in [1.29, 1.82) is 0 Å². The monoisotopic (exact) mass is 456 g/mol. The van der Waals surface area contributed by atoms with Crippen LogP contribution in [0.15, 0.2) is 59.4 Å². The van der Waals surface area contributed by atoms with Crippen LogP contribution in [0.4, 0.5) is 0 Å². The van der Waals surface area contributed by atoms with Crippen LogP contribution in [-0.2, 0) is 17.8 Å². The van der Waals surface area contributed by atoms with Crippen LogP contribution in [0.3, 0.4) is 0 Å². The van der Waals surface area contributed by atoms with Crippen LogP contribution in [0.25, 0.3) is 11.2 Å². The Morgan fingerprint density at radius 3 is 2.68 bits per heavy atom. The first-order valence-corrected chi connectivity index (χ1v) is 11.8. The van der Waals surface area contributed by atoms with E-state index in [2.05, 4.69) is 15.3 Å². The van der Waals surface area contributed by atoms with Crippen molar-refractivity contribution < 1.29 is 4.79 Å². The second-order valence-corrected chi connectivity index (χ2v) is 9.02. The second-order valence-electron chi connectivity index (χ2n) is 9.02. The fraction of sp³-hybridized carbons (Fsp3) is 0.346. The molecule has 1 N–H and O–H groups in total. The van der Waals surface area contributed by atoms with E-state index in [-0.39, 0.29) is 22.9 Å². The number of carbonyl (C=O) groups is 1. The van der Waals surface area contributed by atoms with Gasteiger partial charge in [0.25, 0.3) is 5.56 Å². The van der Waals surface area contributed by atoms with E-state index in [0.717, 1.165) is 36.9 Å². The summed E-state index contributed by atoms with van der Waals surface area (Å²) < 4.78 is 1.67. The first kappa shape index (κ1) is 22.0. The van der Waals surface area contributed by atoms with Gasteiger partial charge in [-0.1, -0.05) is 65.4 Å². The number of fused-ring (bicyclic) bond motifs is 1. The molecule has 5 rings (SSSR count). The van der Waals surface area contributed by atoms with Gasteiger partial charge in [-0.2, -0.15) is 0 Å². The average molecular weight is 457 g/mol. The van der Waals surface area contributed by atoms with Crippen LogP contribution in [0.5, 0.6) is 0 Å². The van der Waals surface area contributed by atoms with E-state index in [0.29, 0.717) is 31.0 Å². The zero-order valence-electron chi connectivity index (χ0n) is 19.3. The lowest BCUT2D eigenvalue weighted by atomic mass is 9.96. The van der Waals surface area contributed by atoms with Crippen molar-refractivity contribution in [3.63, 3.8) is 0 Å². The average Bonchev–Trinajstić information content (AvgIpc) is 3.28. The molecule has 2 aromatic heterocycles. The van der Waals surface area contributed by atoms with Gasteiger partial charge in [0, 0.05) is 25.4 Å². The Balaban J connectivity index is 1.33. The summed E-state index contributed by atoms with van der Waals surface area (Å²) in [5, 5.41) is 8.23. The highest BCUT2D eigenvalue weighted by Crippen LogP contribution is 2.25. The summed E-state index contributed by atoms with van der Waals surface area (Å²) in [7, 11) is 0. The first-order valence-electron chi connectivity index (χ1n) is 11.8. The lowest BCUT2D eigenvalue weighted by molar-refractivity contribution is -0.132. The van der Waals surface area contributed by atoms with Gasteiger partial charge in [-0.05, 0) is 37.3 Å². The molecule has 0 unspecified atom stereocenters. The summed E-state index contributed by atoms with van der Waals surface area (Å²) in [5.41, 5.74) is 3.84. The van der Waals surface area contributed by atoms with E-state index in [1.165, 1.54) is 5.56 Å². The van der Waals surface area contributed by atoms with Crippen LogP contribution >= 0.6 is 0 Å². The summed E-state index contributed by atoms with van der Waals surface area (Å²) >= 11 is 0. The number of benzene rings is 2. The molecule has 8 heteroatoms. The molecule has 0 saturated carbocycles. The van der Waals surface area contributed by atoms with Crippen LogP contribution in [0.2, 0.25) is 0 Å². The van der Waals surface area contributed by atoms with Gasteiger partial charge < -0.3 is 9.88 Å². The molecular weight excluding hydrogens is 428 g/mol. The largest absolute Gasteiger partial charge is 0.342 e. The molecule has 3 heterocycles. The van der Waals surface area contributed by atoms with Crippen LogP contribution in [0, 0.1) is 6.92 Å². The number of aryl methyl sites for hydroxylation is 2. The Hall–Kier alpha value is -3.81. The maximum atomic E-state index is 12.9. The van der Waals surface area contributed by atoms with Gasteiger partial charge in [0.1, 0.15) is 5.82 Å². The number of H-pyrrole nitrogens is 1. The molecule has 1 fully saturated rings. The van der Waals surface area contributed by atoms with Crippen molar-refractivity contribution in [2.75, 3.05) is 13.1 Å². The van der Waals surface area contributed by atoms with Crippen LogP contribution < -0.4 is 5.56 Å². The van der Waals surface area contributed by atoms with Crippen molar-refractivity contribution in [3.8, 4) is 0 Å². The molecule has 0 bridgehead atoms. The molecule has 1 atom stereocenters. The Morgan fingerprint density at radius 2 is 1.88 bits per heavy atom. The molecule has 1 amide bonds. The highest BCUT2D eigenvalue weighted by molar-refractivity contribution is 5.76. The maximum absolute atomic E-state index is 12.9. The van der Waals surface area contributed by atoms with Crippen molar-refractivity contribution in [2.24, 2.45) is 0 Å². The number of hydrogen-bond donors (Lipinski definition) is 1. The lowest BCUT2D eigenvalue weighted by Crippen LogP contribution is -2.40. The van der Waals surface area contributed by atoms with Gasteiger partial charge in [-0.15, -0.1) is 5.10 Å². The minimum Gasteiger partial charge on any atom is -0.342 e. The number of aromatic amines is 1. The van der Waals surface area contributed by atoms with Gasteiger partial charge in [0.2, 0.25) is 5.91 Å². The highest BCUT2D eigenvalue weighted by atomic mass is 16.2. The normalized spacial score (nSPS) is 16.1. The van der Waals surface area contributed by atoms with Crippen LogP contribution in [0.1, 0.15) is 47.7 Å². The second kappa shape index (κ2) is 9.59. The van der Waals surface area contributed by atoms with E-state index in [1.807, 2.05) is 66.4 Å². The van der Waals surface area contributed by atoms with Gasteiger partial charge >= 0.3 is 0 Å². The number of nitrogens with one attached hydrogen (secondary N) is 1. The fourth-order valence-electron chi connectivity index (χ4n) is 4.53. The highest BCUT2D eigenvalue weighted by Gasteiger charge is 2.27. The molecule has 1 aliphatic rings. The van der Waals surface area contributed by atoms with E-state index in [4.69, 9.17) is 4.98 Å². The first-order chi connectivity index (χ1) is 16.6. The number of rotatable bonds is 6. The third kappa shape index (κ3) is 4.76. The molecule has 0 spiro atoms. The van der Waals surface area contributed by atoms with E-state index in [9.17, 15) is 9.59 Å². The van der Waals surface area contributed by atoms with Crippen molar-refractivity contribution >= 4 is 17.1 Å². The summed E-state index contributed by atoms with van der Waals surface area (Å²) in [4.78, 5) is 35.2. The molecule has 4 aromatic rings. The fourth-order valence-corrected chi connectivity index (χ4v) is 4.53. The standard InChI is InChI=1S/C26H28N6O2/c1-18-9-11-20(12-10-18)16-32-25-23(29-30-32)26(34)28-24(27-25)21-8-5-15-31(17-21)22(33)14-13-19-6-3-2-4-7-19/h2-4,6-7,9-12,21H,5,8,13-17H2,1H3,(H,27,28,34)/t21-/m0/s1. The maximum Gasteiger partial charge on any atom is 0.281 e. The zero-order valence-corrected chi connectivity index (χ0v) is 19.3. The summed E-state index contributed by atoms with van der Waals surface area (Å²) in [6.07, 6.45) is 2.96. The Morgan fingerprint density at radius 1 is 1.09 bits per heavy atom. The SMILES string of the molecule is Cc1ccc(Cn2nnc3c(=O)[nH]c([C@H]4CCCN(C(=O)CCc5ccccc5)C4)nc32)cc1.